The first kappa shape index (κ1) is 20.4. The van der Waals surface area contributed by atoms with Gasteiger partial charge >= 0.3 is 5.97 Å². The molecule has 2 N–H and O–H groups in total. The van der Waals surface area contributed by atoms with Gasteiger partial charge in [-0.05, 0) is 36.1 Å². The molecule has 2 aromatic rings. The predicted octanol–water partition coefficient (Wildman–Crippen LogP) is 4.16. The van der Waals surface area contributed by atoms with Gasteiger partial charge in [-0.3, -0.25) is 0 Å². The van der Waals surface area contributed by atoms with E-state index in [1.165, 1.54) is 19.3 Å². The minimum atomic E-state index is -0.813. The molecule has 0 saturated heterocycles. The summed E-state index contributed by atoms with van der Waals surface area (Å²) in [4.78, 5) is 12.2. The summed E-state index contributed by atoms with van der Waals surface area (Å²) in [6.45, 7) is 1.33. The molecule has 1 saturated carbocycles. The Hall–Kier alpha value is -2.37. The molecule has 1 atom stereocenters. The Balaban J connectivity index is 1.39. The molecule has 1 aliphatic rings. The summed E-state index contributed by atoms with van der Waals surface area (Å²) in [6.07, 6.45) is 6.56. The van der Waals surface area contributed by atoms with Crippen molar-refractivity contribution >= 4 is 5.97 Å². The number of hydrogen-bond acceptors (Lipinski definition) is 5. The van der Waals surface area contributed by atoms with Crippen LogP contribution in [-0.4, -0.2) is 25.3 Å². The van der Waals surface area contributed by atoms with E-state index in [9.17, 15) is 4.79 Å². The zero-order valence-corrected chi connectivity index (χ0v) is 16.2. The average molecular weight is 383 g/mol. The van der Waals surface area contributed by atoms with E-state index >= 15 is 0 Å². The minimum absolute atomic E-state index is 0.218. The third-order valence-electron chi connectivity index (χ3n) is 4.97. The smallest absolute Gasteiger partial charge is 0.327 e. The summed E-state index contributed by atoms with van der Waals surface area (Å²) in [7, 11) is 0. The van der Waals surface area contributed by atoms with E-state index in [0.29, 0.717) is 24.9 Å². The van der Waals surface area contributed by atoms with Gasteiger partial charge in [0.25, 0.3) is 0 Å². The Morgan fingerprint density at radius 3 is 2.39 bits per heavy atom. The Morgan fingerprint density at radius 2 is 1.68 bits per heavy atom. The Labute approximate surface area is 166 Å². The van der Waals surface area contributed by atoms with Crippen LogP contribution >= 0.6 is 0 Å². The molecule has 0 aliphatic heterocycles. The van der Waals surface area contributed by atoms with Crippen LogP contribution < -0.4 is 10.5 Å². The van der Waals surface area contributed by atoms with E-state index in [-0.39, 0.29) is 6.61 Å². The highest BCUT2D eigenvalue weighted by atomic mass is 16.5. The van der Waals surface area contributed by atoms with E-state index in [2.05, 4.69) is 0 Å². The highest BCUT2D eigenvalue weighted by molar-refractivity contribution is 5.77. The van der Waals surface area contributed by atoms with Crippen LogP contribution in [0.4, 0.5) is 0 Å². The number of rotatable bonds is 9. The topological polar surface area (TPSA) is 70.8 Å². The molecule has 0 bridgehead atoms. The lowest BCUT2D eigenvalue weighted by atomic mass is 9.98. The van der Waals surface area contributed by atoms with Crippen molar-refractivity contribution in [2.24, 2.45) is 5.73 Å². The summed E-state index contributed by atoms with van der Waals surface area (Å²) >= 11 is 0. The van der Waals surface area contributed by atoms with Gasteiger partial charge in [-0.15, -0.1) is 0 Å². The molecular formula is C23H29NO4. The number of benzene rings is 2. The van der Waals surface area contributed by atoms with Gasteiger partial charge in [0.2, 0.25) is 0 Å². The molecule has 0 amide bonds. The standard InChI is InChI=1S/C23H29NO4/c24-22(23(25)28-17-18-7-3-1-4-8-18)19-11-13-21(14-12-19)27-16-15-26-20-9-5-2-6-10-20/h1,3-4,7-8,11-14,20,22H,2,5-6,9-10,15-17,24H2. The van der Waals surface area contributed by atoms with Gasteiger partial charge in [-0.2, -0.15) is 0 Å². The van der Waals surface area contributed by atoms with Gasteiger partial charge in [0, 0.05) is 0 Å². The molecule has 1 aliphatic carbocycles. The normalized spacial score (nSPS) is 15.8. The summed E-state index contributed by atoms with van der Waals surface area (Å²) in [5.41, 5.74) is 7.65. The van der Waals surface area contributed by atoms with Crippen LogP contribution in [0.5, 0.6) is 5.75 Å². The maximum atomic E-state index is 12.2. The molecule has 0 aromatic heterocycles. The van der Waals surface area contributed by atoms with Crippen LogP contribution in [0.2, 0.25) is 0 Å². The fourth-order valence-electron chi connectivity index (χ4n) is 3.33. The van der Waals surface area contributed by atoms with Crippen molar-refractivity contribution in [3.8, 4) is 5.75 Å². The van der Waals surface area contributed by atoms with E-state index in [1.807, 2.05) is 42.5 Å². The third kappa shape index (κ3) is 6.36. The van der Waals surface area contributed by atoms with Gasteiger partial charge in [0.1, 0.15) is 25.0 Å². The molecule has 5 heteroatoms. The quantitative estimate of drug-likeness (QED) is 0.520. The van der Waals surface area contributed by atoms with Crippen molar-refractivity contribution in [1.29, 1.82) is 0 Å². The van der Waals surface area contributed by atoms with E-state index < -0.39 is 12.0 Å². The zero-order valence-electron chi connectivity index (χ0n) is 16.2. The molecule has 28 heavy (non-hydrogen) atoms. The van der Waals surface area contributed by atoms with Crippen molar-refractivity contribution in [2.45, 2.75) is 50.9 Å². The molecule has 5 nitrogen and oxygen atoms in total. The van der Waals surface area contributed by atoms with Crippen LogP contribution in [0.15, 0.2) is 54.6 Å². The average Bonchev–Trinajstić information content (AvgIpc) is 2.76. The van der Waals surface area contributed by atoms with Crippen molar-refractivity contribution in [3.63, 3.8) is 0 Å². The second kappa shape index (κ2) is 10.8. The van der Waals surface area contributed by atoms with Crippen molar-refractivity contribution < 1.29 is 19.0 Å². The van der Waals surface area contributed by atoms with Crippen LogP contribution in [0.25, 0.3) is 0 Å². The predicted molar refractivity (Wildman–Crippen MR) is 108 cm³/mol. The number of hydrogen-bond donors (Lipinski definition) is 1. The highest BCUT2D eigenvalue weighted by Gasteiger charge is 2.17. The maximum Gasteiger partial charge on any atom is 0.327 e. The van der Waals surface area contributed by atoms with Gasteiger partial charge < -0.3 is 19.9 Å². The first-order valence-electron chi connectivity index (χ1n) is 10.0. The Morgan fingerprint density at radius 1 is 0.964 bits per heavy atom. The lowest BCUT2D eigenvalue weighted by molar-refractivity contribution is -0.146. The number of nitrogens with two attached hydrogens (primary N) is 1. The molecular weight excluding hydrogens is 354 g/mol. The second-order valence-electron chi connectivity index (χ2n) is 7.12. The molecule has 0 radical (unpaired) electrons. The van der Waals surface area contributed by atoms with Crippen LogP contribution in [-0.2, 0) is 20.9 Å². The minimum Gasteiger partial charge on any atom is -0.491 e. The van der Waals surface area contributed by atoms with Crippen molar-refractivity contribution in [2.75, 3.05) is 13.2 Å². The van der Waals surface area contributed by atoms with Crippen LogP contribution in [0, 0.1) is 0 Å². The van der Waals surface area contributed by atoms with Crippen LogP contribution in [0.3, 0.4) is 0 Å². The fourth-order valence-corrected chi connectivity index (χ4v) is 3.33. The maximum absolute atomic E-state index is 12.2. The third-order valence-corrected chi connectivity index (χ3v) is 4.97. The number of esters is 1. The number of carbonyl (C=O) groups excluding carboxylic acids is 1. The summed E-state index contributed by atoms with van der Waals surface area (Å²) in [5.74, 6) is 0.291. The van der Waals surface area contributed by atoms with Gasteiger partial charge in [-0.25, -0.2) is 4.79 Å². The summed E-state index contributed by atoms with van der Waals surface area (Å²) in [5, 5.41) is 0. The van der Waals surface area contributed by atoms with Gasteiger partial charge in [0.05, 0.1) is 12.7 Å². The molecule has 150 valence electrons. The first-order chi connectivity index (χ1) is 13.7. The van der Waals surface area contributed by atoms with E-state index in [0.717, 1.165) is 24.2 Å². The number of carbonyl (C=O) groups is 1. The largest absolute Gasteiger partial charge is 0.491 e. The fraction of sp³-hybridized carbons (Fsp3) is 0.435. The second-order valence-corrected chi connectivity index (χ2v) is 7.12. The van der Waals surface area contributed by atoms with E-state index in [4.69, 9.17) is 19.9 Å². The van der Waals surface area contributed by atoms with E-state index in [1.54, 1.807) is 12.1 Å². The lowest BCUT2D eigenvalue weighted by Crippen LogP contribution is -2.23. The van der Waals surface area contributed by atoms with Crippen molar-refractivity contribution in [1.82, 2.24) is 0 Å². The highest BCUT2D eigenvalue weighted by Crippen LogP contribution is 2.21. The summed E-state index contributed by atoms with van der Waals surface area (Å²) in [6, 6.07) is 16.0. The summed E-state index contributed by atoms with van der Waals surface area (Å²) < 4.78 is 16.9. The zero-order chi connectivity index (χ0) is 19.6. The Kier molecular flexibility index (Phi) is 7.88. The van der Waals surface area contributed by atoms with Gasteiger partial charge in [0.15, 0.2) is 0 Å². The van der Waals surface area contributed by atoms with Crippen molar-refractivity contribution in [3.05, 3.63) is 65.7 Å². The molecule has 1 fully saturated rings. The Bertz CT molecular complexity index is 711. The van der Waals surface area contributed by atoms with Gasteiger partial charge in [-0.1, -0.05) is 61.7 Å². The molecule has 1 unspecified atom stereocenters. The molecule has 0 spiro atoms. The molecule has 3 rings (SSSR count). The number of ether oxygens (including phenoxy) is 3. The lowest BCUT2D eigenvalue weighted by Gasteiger charge is -2.22. The SMILES string of the molecule is NC(C(=O)OCc1ccccc1)c1ccc(OCCOC2CCCCC2)cc1. The molecule has 0 heterocycles. The van der Waals surface area contributed by atoms with Crippen LogP contribution in [0.1, 0.15) is 49.3 Å². The monoisotopic (exact) mass is 383 g/mol. The molecule has 2 aromatic carbocycles. The first-order valence-corrected chi connectivity index (χ1v) is 10.0.